The summed E-state index contributed by atoms with van der Waals surface area (Å²) in [6.45, 7) is 1.95. The number of hydrogen-bond donors (Lipinski definition) is 2. The van der Waals surface area contributed by atoms with Crippen molar-refractivity contribution in [1.29, 1.82) is 0 Å². The molecular formula is C17H21ClN2O2. The molecule has 2 aromatic carbocycles. The molecule has 2 N–H and O–H groups in total. The minimum Gasteiger partial charge on any atom is -0.484 e. The molecule has 1 atom stereocenters. The van der Waals surface area contributed by atoms with Crippen LogP contribution in [-0.2, 0) is 4.79 Å². The average molecular weight is 321 g/mol. The van der Waals surface area contributed by atoms with Crippen LogP contribution in [0.5, 0.6) is 5.75 Å². The third-order valence-corrected chi connectivity index (χ3v) is 3.75. The quantitative estimate of drug-likeness (QED) is 0.910. The molecule has 3 rings (SSSR count). The fourth-order valence-electron chi connectivity index (χ4n) is 2.65. The van der Waals surface area contributed by atoms with Crippen LogP contribution >= 0.6 is 12.4 Å². The molecule has 1 heterocycles. The van der Waals surface area contributed by atoms with Crippen LogP contribution in [0, 0.1) is 0 Å². The van der Waals surface area contributed by atoms with Crippen molar-refractivity contribution < 1.29 is 9.53 Å². The van der Waals surface area contributed by atoms with Crippen molar-refractivity contribution in [3.63, 3.8) is 0 Å². The summed E-state index contributed by atoms with van der Waals surface area (Å²) in [5.41, 5.74) is 0. The lowest BCUT2D eigenvalue weighted by Crippen LogP contribution is -2.46. The Kier molecular flexibility index (Phi) is 6.04. The topological polar surface area (TPSA) is 50.4 Å². The SMILES string of the molecule is Cl.O=C(COc1ccc2ccccc2c1)N[C@H]1CCCNC1. The van der Waals surface area contributed by atoms with Crippen molar-refractivity contribution >= 4 is 29.1 Å². The van der Waals surface area contributed by atoms with E-state index in [1.54, 1.807) is 0 Å². The van der Waals surface area contributed by atoms with Gasteiger partial charge in [-0.2, -0.15) is 0 Å². The molecule has 1 aliphatic heterocycles. The highest BCUT2D eigenvalue weighted by Crippen LogP contribution is 2.20. The summed E-state index contributed by atoms with van der Waals surface area (Å²) >= 11 is 0. The largest absolute Gasteiger partial charge is 0.484 e. The van der Waals surface area contributed by atoms with Crippen molar-refractivity contribution in [2.45, 2.75) is 18.9 Å². The fourth-order valence-corrected chi connectivity index (χ4v) is 2.65. The Morgan fingerprint density at radius 3 is 2.82 bits per heavy atom. The van der Waals surface area contributed by atoms with Gasteiger partial charge in [-0.1, -0.05) is 30.3 Å². The molecule has 22 heavy (non-hydrogen) atoms. The maximum atomic E-state index is 11.9. The first kappa shape index (κ1) is 16.6. The fraction of sp³-hybridized carbons (Fsp3) is 0.353. The van der Waals surface area contributed by atoms with Gasteiger partial charge < -0.3 is 15.4 Å². The third-order valence-electron chi connectivity index (χ3n) is 3.75. The Labute approximate surface area is 136 Å². The lowest BCUT2D eigenvalue weighted by Gasteiger charge is -2.23. The van der Waals surface area contributed by atoms with Crippen molar-refractivity contribution in [2.24, 2.45) is 0 Å². The van der Waals surface area contributed by atoms with Crippen LogP contribution in [0.15, 0.2) is 42.5 Å². The van der Waals surface area contributed by atoms with E-state index in [2.05, 4.69) is 16.7 Å². The van der Waals surface area contributed by atoms with Gasteiger partial charge in [0.05, 0.1) is 0 Å². The van der Waals surface area contributed by atoms with Crippen LogP contribution in [0.1, 0.15) is 12.8 Å². The maximum absolute atomic E-state index is 11.9. The van der Waals surface area contributed by atoms with Crippen LogP contribution in [0.3, 0.4) is 0 Å². The Morgan fingerprint density at radius 2 is 2.05 bits per heavy atom. The lowest BCUT2D eigenvalue weighted by atomic mass is 10.1. The number of benzene rings is 2. The third kappa shape index (κ3) is 4.36. The number of ether oxygens (including phenoxy) is 1. The highest BCUT2D eigenvalue weighted by molar-refractivity contribution is 5.85. The first-order chi connectivity index (χ1) is 10.3. The molecule has 1 saturated heterocycles. The minimum atomic E-state index is -0.0585. The van der Waals surface area contributed by atoms with Crippen molar-refractivity contribution in [1.82, 2.24) is 10.6 Å². The molecule has 1 amide bonds. The van der Waals surface area contributed by atoms with Crippen LogP contribution in [0.4, 0.5) is 0 Å². The van der Waals surface area contributed by atoms with Crippen molar-refractivity contribution in [2.75, 3.05) is 19.7 Å². The number of nitrogens with one attached hydrogen (secondary N) is 2. The number of fused-ring (bicyclic) bond motifs is 1. The molecule has 1 fully saturated rings. The first-order valence-electron chi connectivity index (χ1n) is 7.43. The van der Waals surface area contributed by atoms with Gasteiger partial charge in [0.2, 0.25) is 0 Å². The molecule has 0 saturated carbocycles. The minimum absolute atomic E-state index is 0. The summed E-state index contributed by atoms with van der Waals surface area (Å²) in [5, 5.41) is 8.56. The van der Waals surface area contributed by atoms with Gasteiger partial charge in [0.15, 0.2) is 6.61 Å². The Bertz CT molecular complexity index is 627. The van der Waals surface area contributed by atoms with E-state index in [-0.39, 0.29) is 31.0 Å². The predicted molar refractivity (Wildman–Crippen MR) is 90.7 cm³/mol. The van der Waals surface area contributed by atoms with E-state index in [0.717, 1.165) is 37.1 Å². The normalized spacial score (nSPS) is 17.5. The molecule has 0 radical (unpaired) electrons. The summed E-state index contributed by atoms with van der Waals surface area (Å²) in [5.74, 6) is 0.669. The zero-order chi connectivity index (χ0) is 14.5. The molecule has 5 heteroatoms. The number of carbonyl (C=O) groups is 1. The molecule has 0 spiro atoms. The van der Waals surface area contributed by atoms with Crippen molar-refractivity contribution in [3.8, 4) is 5.75 Å². The predicted octanol–water partition coefficient (Wildman–Crippen LogP) is 2.51. The molecule has 0 unspecified atom stereocenters. The van der Waals surface area contributed by atoms with Gasteiger partial charge in [0, 0.05) is 12.6 Å². The zero-order valence-electron chi connectivity index (χ0n) is 12.4. The van der Waals surface area contributed by atoms with Gasteiger partial charge in [0.25, 0.3) is 5.91 Å². The molecule has 2 aromatic rings. The highest BCUT2D eigenvalue weighted by atomic mass is 35.5. The van der Waals surface area contributed by atoms with Gasteiger partial charge in [0.1, 0.15) is 5.75 Å². The Morgan fingerprint density at radius 1 is 1.23 bits per heavy atom. The van der Waals surface area contributed by atoms with E-state index in [1.165, 1.54) is 5.39 Å². The second-order valence-electron chi connectivity index (χ2n) is 5.41. The number of halogens is 1. The van der Waals surface area contributed by atoms with E-state index in [1.807, 2.05) is 36.4 Å². The monoisotopic (exact) mass is 320 g/mol. The van der Waals surface area contributed by atoms with Gasteiger partial charge >= 0.3 is 0 Å². The molecular weight excluding hydrogens is 300 g/mol. The second-order valence-corrected chi connectivity index (χ2v) is 5.41. The summed E-state index contributed by atoms with van der Waals surface area (Å²) in [6.07, 6.45) is 2.14. The summed E-state index contributed by atoms with van der Waals surface area (Å²) in [4.78, 5) is 11.9. The number of piperidine rings is 1. The molecule has 4 nitrogen and oxygen atoms in total. The lowest BCUT2D eigenvalue weighted by molar-refractivity contribution is -0.123. The summed E-state index contributed by atoms with van der Waals surface area (Å²) < 4.78 is 5.58. The van der Waals surface area contributed by atoms with Crippen molar-refractivity contribution in [3.05, 3.63) is 42.5 Å². The zero-order valence-corrected chi connectivity index (χ0v) is 13.2. The van der Waals surface area contributed by atoms with Crippen LogP contribution in [0.2, 0.25) is 0 Å². The van der Waals surface area contributed by atoms with E-state index in [4.69, 9.17) is 4.74 Å². The van der Waals surface area contributed by atoms with Crippen LogP contribution in [-0.4, -0.2) is 31.6 Å². The Hall–Kier alpha value is -1.78. The average Bonchev–Trinajstić information content (AvgIpc) is 2.54. The summed E-state index contributed by atoms with van der Waals surface area (Å²) in [7, 11) is 0. The molecule has 118 valence electrons. The van der Waals surface area contributed by atoms with E-state index in [0.29, 0.717) is 0 Å². The molecule has 0 aromatic heterocycles. The summed E-state index contributed by atoms with van der Waals surface area (Å²) in [6, 6.07) is 14.2. The standard InChI is InChI=1S/C17H20N2O2.ClH/c20-17(19-15-6-3-9-18-11-15)12-21-16-8-7-13-4-1-2-5-14(13)10-16;/h1-2,4-5,7-8,10,15,18H,3,6,9,11-12H2,(H,19,20);1H/t15-;/m0./s1. The van der Waals surface area contributed by atoms with Gasteiger partial charge in [-0.15, -0.1) is 12.4 Å². The van der Waals surface area contributed by atoms with Gasteiger partial charge in [-0.05, 0) is 42.3 Å². The maximum Gasteiger partial charge on any atom is 0.258 e. The smallest absolute Gasteiger partial charge is 0.258 e. The van der Waals surface area contributed by atoms with Crippen LogP contribution < -0.4 is 15.4 Å². The first-order valence-corrected chi connectivity index (χ1v) is 7.43. The molecule has 0 bridgehead atoms. The number of amides is 1. The number of hydrogen-bond acceptors (Lipinski definition) is 3. The Balaban J connectivity index is 0.00000176. The highest BCUT2D eigenvalue weighted by Gasteiger charge is 2.15. The molecule has 0 aliphatic carbocycles. The van der Waals surface area contributed by atoms with E-state index >= 15 is 0 Å². The van der Waals surface area contributed by atoms with Crippen LogP contribution in [0.25, 0.3) is 10.8 Å². The second kappa shape index (κ2) is 8.01. The van der Waals surface area contributed by atoms with Gasteiger partial charge in [-0.3, -0.25) is 4.79 Å². The molecule has 1 aliphatic rings. The number of carbonyl (C=O) groups excluding carboxylic acids is 1. The van der Waals surface area contributed by atoms with E-state index < -0.39 is 0 Å². The van der Waals surface area contributed by atoms with Gasteiger partial charge in [-0.25, -0.2) is 0 Å². The van der Waals surface area contributed by atoms with E-state index in [9.17, 15) is 4.79 Å². The number of rotatable bonds is 4.